The first-order valence-corrected chi connectivity index (χ1v) is 5.37. The zero-order chi connectivity index (χ0) is 11.4. The molecule has 0 aliphatic heterocycles. The number of pyridine rings is 1. The summed E-state index contributed by atoms with van der Waals surface area (Å²) in [5, 5.41) is 7.73. The molecule has 0 radical (unpaired) electrons. The van der Waals surface area contributed by atoms with E-state index in [0.717, 1.165) is 12.2 Å². The summed E-state index contributed by atoms with van der Waals surface area (Å²) >= 11 is 0. The van der Waals surface area contributed by atoms with Crippen LogP contribution >= 0.6 is 0 Å². The summed E-state index contributed by atoms with van der Waals surface area (Å²) in [4.78, 5) is 4.11. The van der Waals surface area contributed by atoms with Gasteiger partial charge in [-0.1, -0.05) is 6.07 Å². The van der Waals surface area contributed by atoms with E-state index in [1.807, 2.05) is 36.3 Å². The van der Waals surface area contributed by atoms with Gasteiger partial charge in [0, 0.05) is 38.2 Å². The Kier molecular flexibility index (Phi) is 3.31. The van der Waals surface area contributed by atoms with Gasteiger partial charge in [0.25, 0.3) is 0 Å². The molecule has 2 aromatic heterocycles. The summed E-state index contributed by atoms with van der Waals surface area (Å²) in [5.41, 5.74) is 2.25. The summed E-state index contributed by atoms with van der Waals surface area (Å²) in [6.07, 6.45) is 5.62. The van der Waals surface area contributed by atoms with E-state index in [1.54, 1.807) is 6.20 Å². The van der Waals surface area contributed by atoms with Crippen molar-refractivity contribution in [2.75, 3.05) is 0 Å². The van der Waals surface area contributed by atoms with Gasteiger partial charge >= 0.3 is 0 Å². The highest BCUT2D eigenvalue weighted by Gasteiger charge is 2.05. The molecule has 4 nitrogen and oxygen atoms in total. The Balaban J connectivity index is 1.91. The molecule has 0 saturated carbocycles. The average molecular weight is 216 g/mol. The van der Waals surface area contributed by atoms with Gasteiger partial charge in [-0.25, -0.2) is 0 Å². The van der Waals surface area contributed by atoms with Crippen LogP contribution in [0, 0.1) is 0 Å². The quantitative estimate of drug-likeness (QED) is 0.845. The van der Waals surface area contributed by atoms with E-state index in [9.17, 15) is 0 Å². The average Bonchev–Trinajstić information content (AvgIpc) is 2.73. The third kappa shape index (κ3) is 2.67. The molecule has 16 heavy (non-hydrogen) atoms. The van der Waals surface area contributed by atoms with Crippen LogP contribution in [0.3, 0.4) is 0 Å². The van der Waals surface area contributed by atoms with Crippen LogP contribution in [0.2, 0.25) is 0 Å². The van der Waals surface area contributed by atoms with E-state index in [-0.39, 0.29) is 6.04 Å². The number of nitrogens with zero attached hydrogens (tertiary/aromatic N) is 3. The molecular weight excluding hydrogens is 200 g/mol. The topological polar surface area (TPSA) is 42.7 Å². The van der Waals surface area contributed by atoms with Crippen LogP contribution in [0.1, 0.15) is 24.2 Å². The molecule has 2 aromatic rings. The molecule has 2 rings (SSSR count). The molecule has 0 aromatic carbocycles. The summed E-state index contributed by atoms with van der Waals surface area (Å²) < 4.78 is 1.81. The lowest BCUT2D eigenvalue weighted by atomic mass is 10.1. The molecule has 0 bridgehead atoms. The maximum Gasteiger partial charge on any atom is 0.0762 e. The zero-order valence-corrected chi connectivity index (χ0v) is 9.59. The lowest BCUT2D eigenvalue weighted by Gasteiger charge is -2.12. The fraction of sp³-hybridized carbons (Fsp3) is 0.333. The second kappa shape index (κ2) is 4.90. The van der Waals surface area contributed by atoms with E-state index in [0.29, 0.717) is 0 Å². The fourth-order valence-electron chi connectivity index (χ4n) is 1.57. The largest absolute Gasteiger partial charge is 0.304 e. The van der Waals surface area contributed by atoms with Gasteiger partial charge < -0.3 is 5.32 Å². The molecule has 84 valence electrons. The first kappa shape index (κ1) is 10.8. The molecule has 0 aliphatic rings. The molecule has 4 heteroatoms. The third-order valence-corrected chi connectivity index (χ3v) is 2.54. The zero-order valence-electron chi connectivity index (χ0n) is 9.59. The Hall–Kier alpha value is -1.68. The van der Waals surface area contributed by atoms with E-state index in [1.165, 1.54) is 5.56 Å². The molecule has 0 amide bonds. The summed E-state index contributed by atoms with van der Waals surface area (Å²) in [5.74, 6) is 0. The Labute approximate surface area is 95.3 Å². The van der Waals surface area contributed by atoms with Crippen molar-refractivity contribution in [1.82, 2.24) is 20.1 Å². The minimum Gasteiger partial charge on any atom is -0.304 e. The third-order valence-electron chi connectivity index (χ3n) is 2.54. The molecule has 0 aliphatic carbocycles. The molecule has 0 spiro atoms. The standard InChI is InChI=1S/C12H16N4/c1-10(11-4-3-6-13-8-11)14-9-12-5-7-16(2)15-12/h3-8,10,14H,9H2,1-2H3/t10-/m0/s1. The molecule has 2 heterocycles. The SMILES string of the molecule is C[C@H](NCc1ccn(C)n1)c1cccnc1. The van der Waals surface area contributed by atoms with Crippen molar-refractivity contribution < 1.29 is 0 Å². The molecule has 0 unspecified atom stereocenters. The highest BCUT2D eigenvalue weighted by atomic mass is 15.3. The molecule has 0 saturated heterocycles. The van der Waals surface area contributed by atoms with Crippen LogP contribution in [0.25, 0.3) is 0 Å². The van der Waals surface area contributed by atoms with Crippen LogP contribution in [0.5, 0.6) is 0 Å². The summed E-state index contributed by atoms with van der Waals surface area (Å²) in [6.45, 7) is 2.90. The number of rotatable bonds is 4. The predicted molar refractivity (Wildman–Crippen MR) is 62.7 cm³/mol. The second-order valence-corrected chi connectivity index (χ2v) is 3.87. The number of aryl methyl sites for hydroxylation is 1. The van der Waals surface area contributed by atoms with Crippen LogP contribution in [0.15, 0.2) is 36.8 Å². The lowest BCUT2D eigenvalue weighted by molar-refractivity contribution is 0.560. The second-order valence-electron chi connectivity index (χ2n) is 3.87. The molecule has 1 N–H and O–H groups in total. The number of hydrogen-bond donors (Lipinski definition) is 1. The van der Waals surface area contributed by atoms with Crippen molar-refractivity contribution in [1.29, 1.82) is 0 Å². The Morgan fingerprint density at radius 2 is 2.31 bits per heavy atom. The van der Waals surface area contributed by atoms with Crippen LogP contribution in [0.4, 0.5) is 0 Å². The van der Waals surface area contributed by atoms with Crippen LogP contribution in [-0.2, 0) is 13.6 Å². The van der Waals surface area contributed by atoms with Crippen molar-refractivity contribution in [3.63, 3.8) is 0 Å². The van der Waals surface area contributed by atoms with E-state index < -0.39 is 0 Å². The number of nitrogens with one attached hydrogen (secondary N) is 1. The van der Waals surface area contributed by atoms with Gasteiger partial charge in [-0.05, 0) is 24.6 Å². The first-order valence-electron chi connectivity index (χ1n) is 5.37. The highest BCUT2D eigenvalue weighted by Crippen LogP contribution is 2.10. The first-order chi connectivity index (χ1) is 7.75. The van der Waals surface area contributed by atoms with Crippen LogP contribution < -0.4 is 5.32 Å². The fourth-order valence-corrected chi connectivity index (χ4v) is 1.57. The van der Waals surface area contributed by atoms with Crippen LogP contribution in [-0.4, -0.2) is 14.8 Å². The normalized spacial score (nSPS) is 12.6. The highest BCUT2D eigenvalue weighted by molar-refractivity contribution is 5.13. The van der Waals surface area contributed by atoms with Crippen molar-refractivity contribution in [3.8, 4) is 0 Å². The minimum atomic E-state index is 0.288. The van der Waals surface area contributed by atoms with E-state index in [2.05, 4.69) is 28.4 Å². The monoisotopic (exact) mass is 216 g/mol. The Morgan fingerprint density at radius 1 is 1.44 bits per heavy atom. The number of hydrogen-bond acceptors (Lipinski definition) is 3. The Morgan fingerprint density at radius 3 is 2.94 bits per heavy atom. The summed E-state index contributed by atoms with van der Waals surface area (Å²) in [7, 11) is 1.92. The Bertz CT molecular complexity index is 435. The maximum atomic E-state index is 4.31. The predicted octanol–water partition coefficient (Wildman–Crippen LogP) is 1.67. The molecular formula is C12H16N4. The van der Waals surface area contributed by atoms with Gasteiger partial charge in [0.2, 0.25) is 0 Å². The van der Waals surface area contributed by atoms with Crippen molar-refractivity contribution >= 4 is 0 Å². The smallest absolute Gasteiger partial charge is 0.0762 e. The molecule has 1 atom stereocenters. The van der Waals surface area contributed by atoms with E-state index >= 15 is 0 Å². The van der Waals surface area contributed by atoms with Gasteiger partial charge in [-0.2, -0.15) is 5.10 Å². The maximum absolute atomic E-state index is 4.31. The van der Waals surface area contributed by atoms with Crippen molar-refractivity contribution in [3.05, 3.63) is 48.0 Å². The van der Waals surface area contributed by atoms with Crippen molar-refractivity contribution in [2.45, 2.75) is 19.5 Å². The van der Waals surface area contributed by atoms with Gasteiger partial charge in [0.15, 0.2) is 0 Å². The minimum absolute atomic E-state index is 0.288. The van der Waals surface area contributed by atoms with E-state index in [4.69, 9.17) is 0 Å². The van der Waals surface area contributed by atoms with Gasteiger partial charge in [0.1, 0.15) is 0 Å². The summed E-state index contributed by atoms with van der Waals surface area (Å²) in [6, 6.07) is 6.33. The number of aromatic nitrogens is 3. The van der Waals surface area contributed by atoms with Gasteiger partial charge in [-0.15, -0.1) is 0 Å². The van der Waals surface area contributed by atoms with Gasteiger partial charge in [-0.3, -0.25) is 9.67 Å². The lowest BCUT2D eigenvalue weighted by Crippen LogP contribution is -2.18. The molecule has 0 fully saturated rings. The van der Waals surface area contributed by atoms with Gasteiger partial charge in [0.05, 0.1) is 5.69 Å². The van der Waals surface area contributed by atoms with Crippen molar-refractivity contribution in [2.24, 2.45) is 7.05 Å².